The van der Waals surface area contributed by atoms with Crippen molar-refractivity contribution in [2.24, 2.45) is 5.41 Å². The number of likely N-dealkylation sites (tertiary alicyclic amines) is 1. The normalized spacial score (nSPS) is 19.5. The van der Waals surface area contributed by atoms with Crippen LogP contribution in [0.3, 0.4) is 0 Å². The molecule has 104 valence electrons. The third kappa shape index (κ3) is 2.94. The van der Waals surface area contributed by atoms with E-state index in [1.54, 1.807) is 17.3 Å². The van der Waals surface area contributed by atoms with E-state index in [1.165, 1.54) is 0 Å². The van der Waals surface area contributed by atoms with E-state index in [9.17, 15) is 9.59 Å². The first-order valence-corrected chi connectivity index (χ1v) is 6.51. The quantitative estimate of drug-likeness (QED) is 0.847. The van der Waals surface area contributed by atoms with Crippen molar-refractivity contribution in [3.8, 4) is 0 Å². The van der Waals surface area contributed by atoms with Crippen molar-refractivity contribution in [3.63, 3.8) is 0 Å². The molecule has 1 saturated heterocycles. The Kier molecular flexibility index (Phi) is 3.59. The van der Waals surface area contributed by atoms with Crippen molar-refractivity contribution >= 4 is 17.8 Å². The van der Waals surface area contributed by atoms with Crippen LogP contribution in [-0.2, 0) is 9.59 Å². The number of amides is 2. The van der Waals surface area contributed by atoms with Gasteiger partial charge in [-0.3, -0.25) is 14.9 Å². The molecule has 1 fully saturated rings. The van der Waals surface area contributed by atoms with Gasteiger partial charge in [-0.15, -0.1) is 0 Å². The molecule has 1 aromatic rings. The van der Waals surface area contributed by atoms with Gasteiger partial charge in [-0.1, -0.05) is 20.8 Å². The topological polar surface area (TPSA) is 78.1 Å². The van der Waals surface area contributed by atoms with Crippen molar-refractivity contribution in [1.82, 2.24) is 14.9 Å². The summed E-state index contributed by atoms with van der Waals surface area (Å²) in [5, 5.41) is 2.70. The molecule has 0 aliphatic carbocycles. The fourth-order valence-electron chi connectivity index (χ4n) is 2.25. The summed E-state index contributed by atoms with van der Waals surface area (Å²) in [6, 6.07) is -0.392. The number of aromatic nitrogens is 2. The number of aromatic amines is 1. The van der Waals surface area contributed by atoms with Crippen molar-refractivity contribution < 1.29 is 9.59 Å². The summed E-state index contributed by atoms with van der Waals surface area (Å²) in [6.45, 7) is 6.26. The lowest BCUT2D eigenvalue weighted by Gasteiger charge is -2.30. The Morgan fingerprint density at radius 2 is 2.21 bits per heavy atom. The van der Waals surface area contributed by atoms with Crippen LogP contribution in [0.15, 0.2) is 12.4 Å². The van der Waals surface area contributed by atoms with E-state index in [-0.39, 0.29) is 11.8 Å². The van der Waals surface area contributed by atoms with E-state index < -0.39 is 11.5 Å². The summed E-state index contributed by atoms with van der Waals surface area (Å²) in [5.74, 6) is 0.259. The molecular weight excluding hydrogens is 244 g/mol. The van der Waals surface area contributed by atoms with Crippen LogP contribution in [0, 0.1) is 5.41 Å². The molecule has 0 radical (unpaired) electrons. The average Bonchev–Trinajstić information content (AvgIpc) is 2.96. The fraction of sp³-hybridized carbons (Fsp3) is 0.615. The van der Waals surface area contributed by atoms with Gasteiger partial charge in [0, 0.05) is 24.4 Å². The molecule has 0 spiro atoms. The van der Waals surface area contributed by atoms with Crippen LogP contribution in [0.25, 0.3) is 0 Å². The molecule has 2 heterocycles. The third-order valence-electron chi connectivity index (χ3n) is 3.20. The van der Waals surface area contributed by atoms with Crippen LogP contribution in [0.5, 0.6) is 0 Å². The first kappa shape index (κ1) is 13.6. The number of carbonyl (C=O) groups excluding carboxylic acids is 2. The monoisotopic (exact) mass is 264 g/mol. The van der Waals surface area contributed by atoms with Crippen LogP contribution >= 0.6 is 0 Å². The van der Waals surface area contributed by atoms with Gasteiger partial charge in [0.05, 0.1) is 0 Å². The van der Waals surface area contributed by atoms with Gasteiger partial charge in [-0.05, 0) is 12.8 Å². The van der Waals surface area contributed by atoms with E-state index >= 15 is 0 Å². The molecule has 6 nitrogen and oxygen atoms in total. The molecule has 19 heavy (non-hydrogen) atoms. The van der Waals surface area contributed by atoms with E-state index in [0.29, 0.717) is 18.9 Å². The molecule has 0 saturated carbocycles. The minimum atomic E-state index is -0.465. The highest BCUT2D eigenvalue weighted by Gasteiger charge is 2.38. The molecule has 1 aromatic heterocycles. The summed E-state index contributed by atoms with van der Waals surface area (Å²) >= 11 is 0. The van der Waals surface area contributed by atoms with Gasteiger partial charge in [0.15, 0.2) is 0 Å². The lowest BCUT2D eigenvalue weighted by atomic mass is 9.94. The Morgan fingerprint density at radius 1 is 1.47 bits per heavy atom. The molecule has 2 amide bonds. The lowest BCUT2D eigenvalue weighted by Crippen LogP contribution is -2.47. The summed E-state index contributed by atoms with van der Waals surface area (Å²) in [5.41, 5.74) is -0.465. The van der Waals surface area contributed by atoms with Crippen LogP contribution in [0.4, 0.5) is 5.95 Å². The number of carbonyl (C=O) groups is 2. The third-order valence-corrected chi connectivity index (χ3v) is 3.20. The van der Waals surface area contributed by atoms with Crippen LogP contribution < -0.4 is 5.32 Å². The Balaban J connectivity index is 2.06. The van der Waals surface area contributed by atoms with Crippen LogP contribution in [0.2, 0.25) is 0 Å². The van der Waals surface area contributed by atoms with E-state index in [0.717, 1.165) is 6.42 Å². The number of anilines is 1. The van der Waals surface area contributed by atoms with Gasteiger partial charge in [-0.2, -0.15) is 0 Å². The Bertz CT molecular complexity index is 461. The van der Waals surface area contributed by atoms with Crippen molar-refractivity contribution in [2.45, 2.75) is 39.7 Å². The van der Waals surface area contributed by atoms with Crippen molar-refractivity contribution in [1.29, 1.82) is 0 Å². The standard InChI is InChI=1S/C13H20N4O2/c1-13(2,3)11(19)17-8-4-5-9(17)10(18)16-12-14-6-7-15-12/h6-7,9H,4-5,8H2,1-3H3,(H2,14,15,16,18). The van der Waals surface area contributed by atoms with Crippen molar-refractivity contribution in [3.05, 3.63) is 12.4 Å². The van der Waals surface area contributed by atoms with Gasteiger partial charge in [-0.25, -0.2) is 4.98 Å². The number of hydrogen-bond acceptors (Lipinski definition) is 3. The van der Waals surface area contributed by atoms with Gasteiger partial charge in [0.25, 0.3) is 0 Å². The van der Waals surface area contributed by atoms with Gasteiger partial charge < -0.3 is 9.88 Å². The van der Waals surface area contributed by atoms with E-state index in [2.05, 4.69) is 15.3 Å². The SMILES string of the molecule is CC(C)(C)C(=O)N1CCCC1C(=O)Nc1ncc[nH]1. The molecule has 1 unspecified atom stereocenters. The molecule has 6 heteroatoms. The summed E-state index contributed by atoms with van der Waals surface area (Å²) < 4.78 is 0. The number of nitrogens with zero attached hydrogens (tertiary/aromatic N) is 2. The zero-order valence-corrected chi connectivity index (χ0v) is 11.6. The summed E-state index contributed by atoms with van der Waals surface area (Å²) in [4.78, 5) is 32.9. The van der Waals surface area contributed by atoms with Crippen molar-refractivity contribution in [2.75, 3.05) is 11.9 Å². The van der Waals surface area contributed by atoms with Gasteiger partial charge in [0.2, 0.25) is 17.8 Å². The first-order valence-electron chi connectivity index (χ1n) is 6.51. The molecule has 1 aliphatic rings. The predicted molar refractivity (Wildman–Crippen MR) is 71.4 cm³/mol. The molecule has 2 N–H and O–H groups in total. The second kappa shape index (κ2) is 5.03. The molecule has 2 rings (SSSR count). The van der Waals surface area contributed by atoms with Gasteiger partial charge in [0.1, 0.15) is 6.04 Å². The Labute approximate surface area is 112 Å². The highest BCUT2D eigenvalue weighted by atomic mass is 16.2. The van der Waals surface area contributed by atoms with Crippen LogP contribution in [0.1, 0.15) is 33.6 Å². The smallest absolute Gasteiger partial charge is 0.249 e. The number of H-pyrrole nitrogens is 1. The molecule has 0 aromatic carbocycles. The zero-order chi connectivity index (χ0) is 14.0. The number of imidazole rings is 1. The summed E-state index contributed by atoms with van der Waals surface area (Å²) in [7, 11) is 0. The number of rotatable bonds is 2. The average molecular weight is 264 g/mol. The summed E-state index contributed by atoms with van der Waals surface area (Å²) in [6.07, 6.45) is 4.77. The highest BCUT2D eigenvalue weighted by Crippen LogP contribution is 2.25. The number of nitrogens with one attached hydrogen (secondary N) is 2. The largest absolute Gasteiger partial charge is 0.331 e. The molecule has 0 bridgehead atoms. The number of hydrogen-bond donors (Lipinski definition) is 2. The van der Waals surface area contributed by atoms with E-state index in [4.69, 9.17) is 0 Å². The highest BCUT2D eigenvalue weighted by molar-refractivity contribution is 5.97. The first-order chi connectivity index (χ1) is 8.89. The molecule has 1 aliphatic heterocycles. The minimum absolute atomic E-state index is 0.0181. The Hall–Kier alpha value is -1.85. The Morgan fingerprint density at radius 3 is 2.79 bits per heavy atom. The maximum absolute atomic E-state index is 12.3. The lowest BCUT2D eigenvalue weighted by molar-refractivity contribution is -0.143. The van der Waals surface area contributed by atoms with E-state index in [1.807, 2.05) is 20.8 Å². The maximum atomic E-state index is 12.3. The zero-order valence-electron chi connectivity index (χ0n) is 11.6. The van der Waals surface area contributed by atoms with Crippen LogP contribution in [-0.4, -0.2) is 39.3 Å². The molecule has 1 atom stereocenters. The second-order valence-electron chi connectivity index (χ2n) is 5.83. The maximum Gasteiger partial charge on any atom is 0.249 e. The molecular formula is C13H20N4O2. The second-order valence-corrected chi connectivity index (χ2v) is 5.83. The van der Waals surface area contributed by atoms with Gasteiger partial charge >= 0.3 is 0 Å². The minimum Gasteiger partial charge on any atom is -0.331 e. The fourth-order valence-corrected chi connectivity index (χ4v) is 2.25. The predicted octanol–water partition coefficient (Wildman–Crippen LogP) is 1.39.